The second-order valence-electron chi connectivity index (χ2n) is 4.51. The SMILES string of the molecule is CCc1nc(NC)c(C)c(NCc2ccccc2F)n1. The van der Waals surface area contributed by atoms with E-state index < -0.39 is 0 Å². The number of halogens is 1. The van der Waals surface area contributed by atoms with Gasteiger partial charge in [0, 0.05) is 31.1 Å². The maximum Gasteiger partial charge on any atom is 0.135 e. The first-order chi connectivity index (χ1) is 9.65. The molecule has 0 atom stereocenters. The lowest BCUT2D eigenvalue weighted by atomic mass is 10.2. The molecule has 2 aromatic rings. The average molecular weight is 274 g/mol. The summed E-state index contributed by atoms with van der Waals surface area (Å²) in [6.45, 7) is 4.34. The molecule has 2 rings (SSSR count). The molecule has 0 fully saturated rings. The number of rotatable bonds is 5. The molecule has 0 bridgehead atoms. The molecule has 0 amide bonds. The minimum Gasteiger partial charge on any atom is -0.373 e. The van der Waals surface area contributed by atoms with Crippen molar-refractivity contribution in [2.24, 2.45) is 0 Å². The largest absolute Gasteiger partial charge is 0.373 e. The molecule has 20 heavy (non-hydrogen) atoms. The van der Waals surface area contributed by atoms with Crippen LogP contribution in [0.3, 0.4) is 0 Å². The predicted molar refractivity (Wildman–Crippen MR) is 79.4 cm³/mol. The summed E-state index contributed by atoms with van der Waals surface area (Å²) >= 11 is 0. The molecule has 4 nitrogen and oxygen atoms in total. The lowest BCUT2D eigenvalue weighted by molar-refractivity contribution is 0.613. The molecule has 0 aliphatic rings. The smallest absolute Gasteiger partial charge is 0.135 e. The Hall–Kier alpha value is -2.17. The summed E-state index contributed by atoms with van der Waals surface area (Å²) < 4.78 is 13.6. The van der Waals surface area contributed by atoms with Crippen LogP contribution in [0.2, 0.25) is 0 Å². The fourth-order valence-corrected chi connectivity index (χ4v) is 1.96. The normalized spacial score (nSPS) is 10.4. The monoisotopic (exact) mass is 274 g/mol. The van der Waals surface area contributed by atoms with Crippen LogP contribution in [0, 0.1) is 12.7 Å². The van der Waals surface area contributed by atoms with Crippen molar-refractivity contribution in [2.45, 2.75) is 26.8 Å². The summed E-state index contributed by atoms with van der Waals surface area (Å²) in [4.78, 5) is 8.87. The minimum atomic E-state index is -0.212. The molecule has 0 spiro atoms. The van der Waals surface area contributed by atoms with Crippen LogP contribution in [0.1, 0.15) is 23.9 Å². The lowest BCUT2D eigenvalue weighted by Gasteiger charge is -2.13. The Morgan fingerprint density at radius 1 is 1.15 bits per heavy atom. The van der Waals surface area contributed by atoms with E-state index in [0.717, 1.165) is 29.4 Å². The Labute approximate surface area is 118 Å². The van der Waals surface area contributed by atoms with Crippen LogP contribution in [0.5, 0.6) is 0 Å². The van der Waals surface area contributed by atoms with Gasteiger partial charge in [-0.3, -0.25) is 0 Å². The molecule has 1 aromatic carbocycles. The Kier molecular flexibility index (Phi) is 4.50. The van der Waals surface area contributed by atoms with E-state index in [4.69, 9.17) is 0 Å². The predicted octanol–water partition coefficient (Wildman–Crippen LogP) is 3.14. The van der Waals surface area contributed by atoms with Crippen LogP contribution in [-0.2, 0) is 13.0 Å². The third-order valence-corrected chi connectivity index (χ3v) is 3.15. The maximum atomic E-state index is 13.6. The van der Waals surface area contributed by atoms with Crippen LogP contribution >= 0.6 is 0 Å². The highest BCUT2D eigenvalue weighted by Crippen LogP contribution is 2.20. The zero-order valence-corrected chi connectivity index (χ0v) is 12.0. The Morgan fingerprint density at radius 2 is 1.85 bits per heavy atom. The van der Waals surface area contributed by atoms with Gasteiger partial charge in [0.25, 0.3) is 0 Å². The third-order valence-electron chi connectivity index (χ3n) is 3.15. The van der Waals surface area contributed by atoms with Crippen molar-refractivity contribution >= 4 is 11.6 Å². The van der Waals surface area contributed by atoms with E-state index in [9.17, 15) is 4.39 Å². The van der Waals surface area contributed by atoms with Gasteiger partial charge in [-0.25, -0.2) is 14.4 Å². The molecule has 0 saturated carbocycles. The number of aromatic nitrogens is 2. The van der Waals surface area contributed by atoms with Gasteiger partial charge >= 0.3 is 0 Å². The van der Waals surface area contributed by atoms with Crippen molar-refractivity contribution in [1.82, 2.24) is 9.97 Å². The number of anilines is 2. The van der Waals surface area contributed by atoms with Crippen molar-refractivity contribution in [1.29, 1.82) is 0 Å². The summed E-state index contributed by atoms with van der Waals surface area (Å²) in [5.41, 5.74) is 1.55. The van der Waals surface area contributed by atoms with Crippen molar-refractivity contribution in [3.8, 4) is 0 Å². The van der Waals surface area contributed by atoms with E-state index in [0.29, 0.717) is 12.1 Å². The van der Waals surface area contributed by atoms with Crippen LogP contribution in [0.15, 0.2) is 24.3 Å². The summed E-state index contributed by atoms with van der Waals surface area (Å²) in [6, 6.07) is 6.73. The third kappa shape index (κ3) is 3.04. The standard InChI is InChI=1S/C15H19FN4/c1-4-13-19-14(17-3)10(2)15(20-13)18-9-11-7-5-6-8-12(11)16/h5-8H,4,9H2,1-3H3,(H2,17,18,19,20). The molecule has 1 aromatic heterocycles. The van der Waals surface area contributed by atoms with Crippen molar-refractivity contribution < 1.29 is 4.39 Å². The highest BCUT2D eigenvalue weighted by Gasteiger charge is 2.09. The molecular weight excluding hydrogens is 255 g/mol. The second-order valence-corrected chi connectivity index (χ2v) is 4.51. The minimum absolute atomic E-state index is 0.212. The quantitative estimate of drug-likeness (QED) is 0.879. The van der Waals surface area contributed by atoms with Gasteiger partial charge in [-0.15, -0.1) is 0 Å². The number of benzene rings is 1. The average Bonchev–Trinajstić information content (AvgIpc) is 2.47. The van der Waals surface area contributed by atoms with Crippen LogP contribution in [0.25, 0.3) is 0 Å². The van der Waals surface area contributed by atoms with Crippen molar-refractivity contribution in [3.63, 3.8) is 0 Å². The van der Waals surface area contributed by atoms with Gasteiger partial charge in [0.2, 0.25) is 0 Å². The van der Waals surface area contributed by atoms with Crippen LogP contribution in [-0.4, -0.2) is 17.0 Å². The van der Waals surface area contributed by atoms with Gasteiger partial charge in [0.05, 0.1) is 0 Å². The molecule has 2 N–H and O–H groups in total. The molecule has 0 saturated heterocycles. The van der Waals surface area contributed by atoms with Gasteiger partial charge in [-0.2, -0.15) is 0 Å². The highest BCUT2D eigenvalue weighted by atomic mass is 19.1. The zero-order chi connectivity index (χ0) is 14.5. The number of aryl methyl sites for hydroxylation is 1. The van der Waals surface area contributed by atoms with Gasteiger partial charge in [-0.05, 0) is 13.0 Å². The van der Waals surface area contributed by atoms with E-state index in [1.807, 2.05) is 27.0 Å². The first-order valence-corrected chi connectivity index (χ1v) is 6.68. The lowest BCUT2D eigenvalue weighted by Crippen LogP contribution is -2.10. The molecule has 0 aliphatic carbocycles. The number of hydrogen-bond donors (Lipinski definition) is 2. The van der Waals surface area contributed by atoms with Gasteiger partial charge < -0.3 is 10.6 Å². The summed E-state index contributed by atoms with van der Waals surface area (Å²) in [6.07, 6.45) is 0.753. The van der Waals surface area contributed by atoms with Gasteiger partial charge in [0.1, 0.15) is 23.3 Å². The summed E-state index contributed by atoms with van der Waals surface area (Å²) in [7, 11) is 1.83. The first-order valence-electron chi connectivity index (χ1n) is 6.68. The number of hydrogen-bond acceptors (Lipinski definition) is 4. The Morgan fingerprint density at radius 3 is 2.50 bits per heavy atom. The van der Waals surface area contributed by atoms with E-state index in [1.165, 1.54) is 6.07 Å². The Bertz CT molecular complexity index is 598. The summed E-state index contributed by atoms with van der Waals surface area (Å²) in [5.74, 6) is 2.09. The second kappa shape index (κ2) is 6.32. The molecule has 1 heterocycles. The molecule has 5 heteroatoms. The van der Waals surface area contributed by atoms with E-state index in [1.54, 1.807) is 12.1 Å². The van der Waals surface area contributed by atoms with Gasteiger partial charge in [0.15, 0.2) is 0 Å². The van der Waals surface area contributed by atoms with E-state index in [-0.39, 0.29) is 5.82 Å². The first kappa shape index (κ1) is 14.2. The molecule has 0 unspecified atom stereocenters. The number of nitrogens with one attached hydrogen (secondary N) is 2. The maximum absolute atomic E-state index is 13.6. The van der Waals surface area contributed by atoms with E-state index >= 15 is 0 Å². The molecular formula is C15H19FN4. The zero-order valence-electron chi connectivity index (χ0n) is 12.0. The fraction of sp³-hybridized carbons (Fsp3) is 0.333. The summed E-state index contributed by atoms with van der Waals surface area (Å²) in [5, 5.41) is 6.24. The number of nitrogens with zero attached hydrogens (tertiary/aromatic N) is 2. The van der Waals surface area contributed by atoms with Crippen molar-refractivity contribution in [2.75, 3.05) is 17.7 Å². The van der Waals surface area contributed by atoms with Crippen LogP contribution in [0.4, 0.5) is 16.0 Å². The van der Waals surface area contributed by atoms with Crippen LogP contribution < -0.4 is 10.6 Å². The topological polar surface area (TPSA) is 49.8 Å². The fourth-order valence-electron chi connectivity index (χ4n) is 1.96. The Balaban J connectivity index is 2.23. The van der Waals surface area contributed by atoms with Crippen molar-refractivity contribution in [3.05, 3.63) is 47.0 Å². The molecule has 0 aliphatic heterocycles. The molecule has 0 radical (unpaired) electrons. The molecule has 106 valence electrons. The highest BCUT2D eigenvalue weighted by molar-refractivity contribution is 5.57. The van der Waals surface area contributed by atoms with Gasteiger partial charge in [-0.1, -0.05) is 25.1 Å². The van der Waals surface area contributed by atoms with E-state index in [2.05, 4.69) is 20.6 Å².